The van der Waals surface area contributed by atoms with Gasteiger partial charge in [0.15, 0.2) is 11.5 Å². The van der Waals surface area contributed by atoms with Crippen molar-refractivity contribution < 1.29 is 14.3 Å². The Bertz CT molecular complexity index is 1050. The number of nitrogens with zero attached hydrogens (tertiary/aromatic N) is 2. The van der Waals surface area contributed by atoms with Crippen molar-refractivity contribution >= 4 is 17.2 Å². The lowest BCUT2D eigenvalue weighted by Gasteiger charge is -2.22. The van der Waals surface area contributed by atoms with Crippen LogP contribution in [0, 0.1) is 6.92 Å². The van der Waals surface area contributed by atoms with Gasteiger partial charge in [-0.2, -0.15) is 0 Å². The van der Waals surface area contributed by atoms with Crippen LogP contribution in [0.25, 0.3) is 0 Å². The number of aromatic nitrogens is 1. The van der Waals surface area contributed by atoms with Gasteiger partial charge in [0.1, 0.15) is 10.7 Å². The van der Waals surface area contributed by atoms with E-state index in [0.29, 0.717) is 12.2 Å². The van der Waals surface area contributed by atoms with Crippen LogP contribution in [0.1, 0.15) is 46.0 Å². The average molecular weight is 438 g/mol. The van der Waals surface area contributed by atoms with Crippen molar-refractivity contribution in [3.05, 3.63) is 75.2 Å². The molecular formula is C24H27N3O3S. The van der Waals surface area contributed by atoms with Crippen molar-refractivity contribution in [2.75, 3.05) is 6.79 Å². The van der Waals surface area contributed by atoms with Crippen LogP contribution < -0.4 is 14.8 Å². The number of carbonyl (C=O) groups excluding carboxylic acids is 1. The lowest BCUT2D eigenvalue weighted by atomic mass is 10.1. The molecule has 0 radical (unpaired) electrons. The average Bonchev–Trinajstić information content (AvgIpc) is 3.38. The van der Waals surface area contributed by atoms with Gasteiger partial charge in [-0.15, -0.1) is 11.3 Å². The first kappa shape index (κ1) is 21.3. The molecule has 0 saturated heterocycles. The maximum absolute atomic E-state index is 12.3. The fourth-order valence-corrected chi connectivity index (χ4v) is 4.25. The minimum Gasteiger partial charge on any atom is -0.454 e. The minimum absolute atomic E-state index is 0.0849. The van der Waals surface area contributed by atoms with E-state index in [4.69, 9.17) is 9.47 Å². The third-order valence-electron chi connectivity index (χ3n) is 4.93. The van der Waals surface area contributed by atoms with Gasteiger partial charge in [0, 0.05) is 24.5 Å². The van der Waals surface area contributed by atoms with E-state index in [-0.39, 0.29) is 18.7 Å². The highest BCUT2D eigenvalue weighted by Crippen LogP contribution is 2.33. The molecule has 162 valence electrons. The first-order valence-electron chi connectivity index (χ1n) is 10.4. The van der Waals surface area contributed by atoms with Gasteiger partial charge in [0.2, 0.25) is 6.79 Å². The summed E-state index contributed by atoms with van der Waals surface area (Å²) in [6.45, 7) is 8.42. The highest BCUT2D eigenvalue weighted by Gasteiger charge is 2.17. The highest BCUT2D eigenvalue weighted by molar-refractivity contribution is 7.09. The number of hydrogen-bond donors (Lipinski definition) is 1. The Morgan fingerprint density at radius 2 is 1.77 bits per heavy atom. The van der Waals surface area contributed by atoms with E-state index < -0.39 is 0 Å². The van der Waals surface area contributed by atoms with Gasteiger partial charge < -0.3 is 14.8 Å². The number of rotatable bonds is 8. The summed E-state index contributed by atoms with van der Waals surface area (Å²) in [5.74, 6) is 1.45. The fourth-order valence-electron chi connectivity index (χ4n) is 3.43. The summed E-state index contributed by atoms with van der Waals surface area (Å²) in [5, 5.41) is 5.65. The Kier molecular flexibility index (Phi) is 6.53. The third-order valence-corrected chi connectivity index (χ3v) is 5.77. The molecule has 0 spiro atoms. The molecule has 0 aliphatic carbocycles. The maximum atomic E-state index is 12.3. The molecule has 1 N–H and O–H groups in total. The summed E-state index contributed by atoms with van der Waals surface area (Å²) in [6, 6.07) is 14.7. The van der Waals surface area contributed by atoms with E-state index in [1.807, 2.05) is 31.4 Å². The molecule has 1 amide bonds. The first-order chi connectivity index (χ1) is 15.0. The zero-order valence-corrected chi connectivity index (χ0v) is 18.9. The highest BCUT2D eigenvalue weighted by atomic mass is 32.1. The molecule has 1 aromatic heterocycles. The van der Waals surface area contributed by atoms with Crippen LogP contribution in [0.4, 0.5) is 0 Å². The predicted molar refractivity (Wildman–Crippen MR) is 121 cm³/mol. The summed E-state index contributed by atoms with van der Waals surface area (Å²) in [5.41, 5.74) is 4.10. The number of ether oxygens (including phenoxy) is 2. The monoisotopic (exact) mass is 437 g/mol. The molecule has 4 rings (SSSR count). The van der Waals surface area contributed by atoms with E-state index in [9.17, 15) is 4.79 Å². The molecule has 3 aromatic rings. The summed E-state index contributed by atoms with van der Waals surface area (Å²) in [7, 11) is 0. The van der Waals surface area contributed by atoms with Crippen LogP contribution in [0.15, 0.2) is 47.8 Å². The zero-order valence-electron chi connectivity index (χ0n) is 18.1. The van der Waals surface area contributed by atoms with Gasteiger partial charge in [-0.1, -0.05) is 35.9 Å². The van der Waals surface area contributed by atoms with Crippen molar-refractivity contribution in [3.8, 4) is 11.5 Å². The van der Waals surface area contributed by atoms with Gasteiger partial charge in [-0.05, 0) is 44.0 Å². The van der Waals surface area contributed by atoms with Crippen molar-refractivity contribution in [1.29, 1.82) is 0 Å². The quantitative estimate of drug-likeness (QED) is 0.561. The summed E-state index contributed by atoms with van der Waals surface area (Å²) in [4.78, 5) is 19.2. The Morgan fingerprint density at radius 1 is 1.06 bits per heavy atom. The van der Waals surface area contributed by atoms with E-state index in [2.05, 4.69) is 52.5 Å². The van der Waals surface area contributed by atoms with E-state index in [0.717, 1.165) is 35.2 Å². The number of aryl methyl sites for hydroxylation is 1. The normalized spacial score (nSPS) is 12.5. The van der Waals surface area contributed by atoms with Gasteiger partial charge in [0.25, 0.3) is 5.91 Å². The standard InChI is InChI=1S/C24H27N3O3S/c1-16(2)25-24(28)20-14-31-23(26-20)13-27(11-18-6-4-17(3)5-7-18)12-19-8-9-21-22(10-19)30-15-29-21/h4-10,14,16H,11-13,15H2,1-3H3,(H,25,28). The smallest absolute Gasteiger partial charge is 0.270 e. The van der Waals surface area contributed by atoms with Crippen molar-refractivity contribution in [2.45, 2.75) is 46.4 Å². The van der Waals surface area contributed by atoms with Crippen LogP contribution in [-0.2, 0) is 19.6 Å². The van der Waals surface area contributed by atoms with Crippen molar-refractivity contribution in [1.82, 2.24) is 15.2 Å². The predicted octanol–water partition coefficient (Wildman–Crippen LogP) is 4.52. The number of amides is 1. The van der Waals surface area contributed by atoms with Gasteiger partial charge >= 0.3 is 0 Å². The van der Waals surface area contributed by atoms with Gasteiger partial charge in [-0.25, -0.2) is 4.98 Å². The molecule has 0 atom stereocenters. The van der Waals surface area contributed by atoms with Crippen LogP contribution >= 0.6 is 11.3 Å². The number of carbonyl (C=O) groups is 1. The Morgan fingerprint density at radius 3 is 2.55 bits per heavy atom. The Hall–Kier alpha value is -2.90. The topological polar surface area (TPSA) is 63.7 Å². The van der Waals surface area contributed by atoms with Crippen LogP contribution in [-0.4, -0.2) is 28.6 Å². The second kappa shape index (κ2) is 9.49. The molecule has 2 aromatic carbocycles. The molecule has 2 heterocycles. The molecule has 31 heavy (non-hydrogen) atoms. The second-order valence-electron chi connectivity index (χ2n) is 8.07. The number of hydrogen-bond acceptors (Lipinski definition) is 6. The van der Waals surface area contributed by atoms with Crippen molar-refractivity contribution in [3.63, 3.8) is 0 Å². The third kappa shape index (κ3) is 5.62. The lowest BCUT2D eigenvalue weighted by Crippen LogP contribution is -2.30. The largest absolute Gasteiger partial charge is 0.454 e. The maximum Gasteiger partial charge on any atom is 0.270 e. The molecule has 0 fully saturated rings. The van der Waals surface area contributed by atoms with Crippen LogP contribution in [0.2, 0.25) is 0 Å². The van der Waals surface area contributed by atoms with Crippen LogP contribution in [0.5, 0.6) is 11.5 Å². The fraction of sp³-hybridized carbons (Fsp3) is 0.333. The molecular weight excluding hydrogens is 410 g/mol. The minimum atomic E-state index is -0.127. The van der Waals surface area contributed by atoms with Gasteiger partial charge in [-0.3, -0.25) is 9.69 Å². The molecule has 1 aliphatic rings. The summed E-state index contributed by atoms with van der Waals surface area (Å²) < 4.78 is 11.0. The summed E-state index contributed by atoms with van der Waals surface area (Å²) in [6.07, 6.45) is 0. The van der Waals surface area contributed by atoms with Crippen LogP contribution in [0.3, 0.4) is 0 Å². The lowest BCUT2D eigenvalue weighted by molar-refractivity contribution is 0.0938. The van der Waals surface area contributed by atoms with E-state index in [1.54, 1.807) is 0 Å². The first-order valence-corrected chi connectivity index (χ1v) is 11.3. The molecule has 6 nitrogen and oxygen atoms in total. The SMILES string of the molecule is Cc1ccc(CN(Cc2ccc3c(c2)OCO3)Cc2nc(C(=O)NC(C)C)cs2)cc1. The molecule has 0 saturated carbocycles. The molecule has 0 unspecified atom stereocenters. The molecule has 1 aliphatic heterocycles. The number of nitrogens with one attached hydrogen (secondary N) is 1. The Labute approximate surface area is 186 Å². The molecule has 7 heteroatoms. The van der Waals surface area contributed by atoms with E-state index >= 15 is 0 Å². The van der Waals surface area contributed by atoms with Crippen molar-refractivity contribution in [2.24, 2.45) is 0 Å². The van der Waals surface area contributed by atoms with Gasteiger partial charge in [0.05, 0.1) is 6.54 Å². The molecule has 0 bridgehead atoms. The second-order valence-corrected chi connectivity index (χ2v) is 9.02. The Balaban J connectivity index is 1.51. The van der Waals surface area contributed by atoms with E-state index in [1.165, 1.54) is 22.5 Å². The zero-order chi connectivity index (χ0) is 21.8. The number of benzene rings is 2. The number of fused-ring (bicyclic) bond motifs is 1. The number of thiazole rings is 1. The summed E-state index contributed by atoms with van der Waals surface area (Å²) >= 11 is 1.52.